The summed E-state index contributed by atoms with van der Waals surface area (Å²) < 4.78 is 5.21. The van der Waals surface area contributed by atoms with E-state index in [9.17, 15) is 24.6 Å². The average molecular weight is 546 g/mol. The second kappa shape index (κ2) is 18.1. The third kappa shape index (κ3) is 9.86. The zero-order valence-corrected chi connectivity index (χ0v) is 23.9. The zero-order chi connectivity index (χ0) is 28.7. The number of hydrogen-bond donors (Lipinski definition) is 5. The van der Waals surface area contributed by atoms with Crippen LogP contribution in [0.15, 0.2) is 0 Å². The van der Waals surface area contributed by atoms with Gasteiger partial charge in [0.25, 0.3) is 11.8 Å². The Bertz CT molecular complexity index is 896. The molecule has 212 valence electrons. The maximum atomic E-state index is 13.6. The third-order valence-electron chi connectivity index (χ3n) is 5.77. The van der Waals surface area contributed by atoms with E-state index in [1.54, 1.807) is 27.8 Å². The molecule has 1 rings (SSSR count). The molecule has 0 heterocycles. The van der Waals surface area contributed by atoms with Gasteiger partial charge < -0.3 is 35.6 Å². The van der Waals surface area contributed by atoms with Gasteiger partial charge in [-0.3, -0.25) is 14.4 Å². The molecule has 0 saturated carbocycles. The van der Waals surface area contributed by atoms with E-state index in [2.05, 4.69) is 10.6 Å². The molecule has 0 bridgehead atoms. The lowest BCUT2D eigenvalue weighted by atomic mass is 9.88. The molecule has 0 radical (unpaired) electrons. The molecule has 11 heteroatoms. The van der Waals surface area contributed by atoms with Gasteiger partial charge in [0, 0.05) is 48.7 Å². The molecule has 5 N–H and O–H groups in total. The predicted molar refractivity (Wildman–Crippen MR) is 145 cm³/mol. The van der Waals surface area contributed by atoms with Crippen LogP contribution in [0.2, 0.25) is 0 Å². The molecule has 0 aliphatic carbocycles. The van der Waals surface area contributed by atoms with E-state index >= 15 is 0 Å². The van der Waals surface area contributed by atoms with Crippen molar-refractivity contribution in [2.24, 2.45) is 5.92 Å². The predicted octanol–water partition coefficient (Wildman–Crippen LogP) is 1.87. The first kappa shape index (κ1) is 34.8. The molecule has 10 nitrogen and oxygen atoms in total. The van der Waals surface area contributed by atoms with Crippen LogP contribution in [0.4, 0.5) is 5.69 Å². The lowest BCUT2D eigenvalue weighted by molar-refractivity contribution is -0.120. The van der Waals surface area contributed by atoms with Crippen molar-refractivity contribution in [2.45, 2.75) is 54.1 Å². The van der Waals surface area contributed by atoms with Crippen LogP contribution in [0.1, 0.15) is 65.1 Å². The average Bonchev–Trinajstić information content (AvgIpc) is 2.89. The maximum Gasteiger partial charge on any atom is 0.254 e. The number of amides is 3. The number of aliphatic hydroxyl groups is 3. The van der Waals surface area contributed by atoms with Crippen LogP contribution < -0.4 is 10.6 Å². The van der Waals surface area contributed by atoms with E-state index in [0.29, 0.717) is 28.8 Å². The second-order valence-corrected chi connectivity index (χ2v) is 8.77. The number of aliphatic hydroxyl groups excluding tert-OH is 3. The number of ether oxygens (including phenoxy) is 1. The van der Waals surface area contributed by atoms with Crippen molar-refractivity contribution in [2.75, 3.05) is 57.8 Å². The largest absolute Gasteiger partial charge is 0.395 e. The lowest BCUT2D eigenvalue weighted by Gasteiger charge is -2.28. The van der Waals surface area contributed by atoms with Crippen molar-refractivity contribution in [3.05, 3.63) is 27.8 Å². The molecular weight excluding hydrogens is 502 g/mol. The molecule has 1 aromatic carbocycles. The summed E-state index contributed by atoms with van der Waals surface area (Å²) in [7, 11) is 1.57. The van der Waals surface area contributed by atoms with Crippen molar-refractivity contribution in [1.29, 1.82) is 0 Å². The fraction of sp³-hybridized carbons (Fsp3) is 0.654. The summed E-state index contributed by atoms with van der Waals surface area (Å²) in [5.41, 5.74) is 2.36. The first-order valence-electron chi connectivity index (χ1n) is 12.6. The van der Waals surface area contributed by atoms with Gasteiger partial charge in [-0.1, -0.05) is 27.7 Å². The summed E-state index contributed by atoms with van der Waals surface area (Å²) in [5.74, 6) is -1.48. The fourth-order valence-corrected chi connectivity index (χ4v) is 4.03. The number of alkyl halides is 1. The highest BCUT2D eigenvalue weighted by Gasteiger charge is 2.29. The molecule has 0 aromatic heterocycles. The molecule has 37 heavy (non-hydrogen) atoms. The van der Waals surface area contributed by atoms with E-state index < -0.39 is 30.4 Å². The Morgan fingerprint density at radius 1 is 1.11 bits per heavy atom. The van der Waals surface area contributed by atoms with E-state index in [4.69, 9.17) is 21.4 Å². The third-order valence-corrected chi connectivity index (χ3v) is 5.92. The van der Waals surface area contributed by atoms with Crippen molar-refractivity contribution in [1.82, 2.24) is 10.2 Å². The van der Waals surface area contributed by atoms with E-state index in [0.717, 1.165) is 0 Å². The summed E-state index contributed by atoms with van der Waals surface area (Å²) in [6.45, 7) is 10.4. The fourth-order valence-electron chi connectivity index (χ4n) is 3.92. The van der Waals surface area contributed by atoms with Crippen molar-refractivity contribution in [3.8, 4) is 0 Å². The Morgan fingerprint density at radius 2 is 1.73 bits per heavy atom. The van der Waals surface area contributed by atoms with Crippen molar-refractivity contribution in [3.63, 3.8) is 0 Å². The highest BCUT2D eigenvalue weighted by molar-refractivity contribution is 6.18. The topological polar surface area (TPSA) is 148 Å². The van der Waals surface area contributed by atoms with E-state index in [-0.39, 0.29) is 55.8 Å². The number of hydrogen-bond acceptors (Lipinski definition) is 7. The van der Waals surface area contributed by atoms with Gasteiger partial charge in [-0.05, 0) is 37.0 Å². The van der Waals surface area contributed by atoms with Gasteiger partial charge in [-0.2, -0.15) is 0 Å². The van der Waals surface area contributed by atoms with Gasteiger partial charge in [-0.25, -0.2) is 0 Å². The lowest BCUT2D eigenvalue weighted by Crippen LogP contribution is -2.38. The summed E-state index contributed by atoms with van der Waals surface area (Å²) in [5, 5.41) is 33.7. The Hall–Kier alpha value is -2.24. The van der Waals surface area contributed by atoms with Crippen molar-refractivity contribution >= 4 is 35.0 Å². The summed E-state index contributed by atoms with van der Waals surface area (Å²) in [4.78, 5) is 40.6. The number of anilines is 1. The summed E-state index contributed by atoms with van der Waals surface area (Å²) >= 11 is 5.59. The number of halogens is 1. The van der Waals surface area contributed by atoms with Crippen LogP contribution in [-0.4, -0.2) is 96.5 Å². The number of nitrogens with zero attached hydrogens (tertiary/aromatic N) is 1. The Kier molecular flexibility index (Phi) is 17.0. The molecule has 3 amide bonds. The monoisotopic (exact) mass is 545 g/mol. The minimum Gasteiger partial charge on any atom is -0.395 e. The Morgan fingerprint density at radius 3 is 2.24 bits per heavy atom. The molecule has 0 spiro atoms. The van der Waals surface area contributed by atoms with Gasteiger partial charge in [0.2, 0.25) is 5.91 Å². The van der Waals surface area contributed by atoms with E-state index in [1.807, 2.05) is 20.8 Å². The first-order valence-corrected chi connectivity index (χ1v) is 13.1. The summed E-state index contributed by atoms with van der Waals surface area (Å²) in [6, 6.07) is 0. The van der Waals surface area contributed by atoms with Crippen molar-refractivity contribution < 1.29 is 34.4 Å². The molecule has 0 fully saturated rings. The Balaban J connectivity index is 0.00000631. The highest BCUT2D eigenvalue weighted by atomic mass is 35.5. The summed E-state index contributed by atoms with van der Waals surface area (Å²) in [6.07, 6.45) is -0.597. The number of nitrogens with one attached hydrogen (secondary N) is 2. The second-order valence-electron chi connectivity index (χ2n) is 8.39. The molecule has 0 aliphatic heterocycles. The van der Waals surface area contributed by atoms with Gasteiger partial charge in [0.05, 0.1) is 25.9 Å². The van der Waals surface area contributed by atoms with Crippen LogP contribution in [-0.2, 0) is 16.0 Å². The standard InChI is InChI=1S/C24H38ClN3O7.C2H6/c1-6-17-21(24(34)28(5)11-14(2)18(31)12-30)15(3)20(23(33)26-8-9-29)16(4)22(17)27-19(32)13-35-10-7-25;1-2/h14,18,29-31H,6-13H2,1-5H3,(H,26,33)(H,27,32);1-2H3. The number of carbonyl (C=O) groups is 3. The molecular formula is C26H44ClN3O7. The van der Waals surface area contributed by atoms with Crippen LogP contribution in [0.5, 0.6) is 0 Å². The number of benzene rings is 1. The Labute approximate surface area is 225 Å². The SMILES string of the molecule is CC.CCc1c(NC(=O)COCCCl)c(C)c(C(=O)NCCO)c(C)c1C(=O)N(C)CC(C)C(O)CO. The quantitative estimate of drug-likeness (QED) is 0.177. The molecule has 0 aliphatic rings. The maximum absolute atomic E-state index is 13.6. The smallest absolute Gasteiger partial charge is 0.254 e. The molecule has 0 saturated heterocycles. The molecule has 1 aromatic rings. The normalized spacial score (nSPS) is 12.2. The van der Waals surface area contributed by atoms with Crippen LogP contribution in [0, 0.1) is 19.8 Å². The van der Waals surface area contributed by atoms with Gasteiger partial charge in [0.1, 0.15) is 6.61 Å². The minimum absolute atomic E-state index is 0.0287. The number of carbonyl (C=O) groups excluding carboxylic acids is 3. The highest BCUT2D eigenvalue weighted by Crippen LogP contribution is 2.33. The van der Waals surface area contributed by atoms with Crippen LogP contribution >= 0.6 is 11.6 Å². The molecule has 2 unspecified atom stereocenters. The van der Waals surface area contributed by atoms with E-state index in [1.165, 1.54) is 4.90 Å². The van der Waals surface area contributed by atoms with Gasteiger partial charge in [0.15, 0.2) is 0 Å². The number of rotatable bonds is 14. The van der Waals surface area contributed by atoms with Gasteiger partial charge in [-0.15, -0.1) is 11.6 Å². The van der Waals surface area contributed by atoms with Crippen LogP contribution in [0.25, 0.3) is 0 Å². The zero-order valence-electron chi connectivity index (χ0n) is 23.1. The first-order chi connectivity index (χ1) is 17.5. The molecule has 2 atom stereocenters. The van der Waals surface area contributed by atoms with Gasteiger partial charge >= 0.3 is 0 Å². The minimum atomic E-state index is -0.988. The van der Waals surface area contributed by atoms with Crippen LogP contribution in [0.3, 0.4) is 0 Å².